The van der Waals surface area contributed by atoms with Crippen molar-refractivity contribution in [2.75, 3.05) is 20.2 Å². The van der Waals surface area contributed by atoms with Gasteiger partial charge in [-0.2, -0.15) is 13.2 Å². The number of hydrogen-bond acceptors (Lipinski definition) is 4. The van der Waals surface area contributed by atoms with Gasteiger partial charge in [0.2, 0.25) is 0 Å². The zero-order chi connectivity index (χ0) is 20.6. The van der Waals surface area contributed by atoms with Crippen LogP contribution in [-0.4, -0.2) is 40.2 Å². The summed E-state index contributed by atoms with van der Waals surface area (Å²) in [6, 6.07) is 9.36. The Labute approximate surface area is 166 Å². The van der Waals surface area contributed by atoms with Crippen molar-refractivity contribution in [1.82, 2.24) is 14.9 Å². The Bertz CT molecular complexity index is 994. The number of rotatable bonds is 4. The number of methoxy groups -OCH3 is 1. The number of aromatic nitrogens is 2. The van der Waals surface area contributed by atoms with Gasteiger partial charge in [0.25, 0.3) is 0 Å². The molecule has 29 heavy (non-hydrogen) atoms. The molecule has 0 radical (unpaired) electrons. The lowest BCUT2D eigenvalue weighted by atomic mass is 9.86. The summed E-state index contributed by atoms with van der Waals surface area (Å²) in [6.07, 6.45) is -2.51. The van der Waals surface area contributed by atoms with E-state index in [0.717, 1.165) is 11.6 Å². The van der Waals surface area contributed by atoms with Gasteiger partial charge in [0.05, 0.1) is 35.6 Å². The highest BCUT2D eigenvalue weighted by Gasteiger charge is 2.36. The van der Waals surface area contributed by atoms with Crippen molar-refractivity contribution in [2.24, 2.45) is 0 Å². The minimum atomic E-state index is -4.36. The van der Waals surface area contributed by atoms with Crippen LogP contribution in [0.2, 0.25) is 0 Å². The minimum Gasteiger partial charge on any atom is -0.495 e. The molecular weight excluding hydrogens is 383 g/mol. The Morgan fingerprint density at radius 3 is 2.62 bits per heavy atom. The second-order valence-electron chi connectivity index (χ2n) is 7.30. The van der Waals surface area contributed by atoms with E-state index in [9.17, 15) is 18.3 Å². The number of piperidine rings is 1. The summed E-state index contributed by atoms with van der Waals surface area (Å²) in [5, 5.41) is 10.8. The Kier molecular flexibility index (Phi) is 5.23. The van der Waals surface area contributed by atoms with Crippen LogP contribution in [0.25, 0.3) is 11.0 Å². The number of aliphatic hydroxyl groups excluding tert-OH is 1. The van der Waals surface area contributed by atoms with Crippen molar-refractivity contribution in [3.05, 3.63) is 59.4 Å². The molecule has 0 spiro atoms. The number of halogens is 3. The number of H-pyrrole nitrogens is 1. The van der Waals surface area contributed by atoms with E-state index in [4.69, 9.17) is 4.74 Å². The van der Waals surface area contributed by atoms with Gasteiger partial charge < -0.3 is 14.8 Å². The Morgan fingerprint density at radius 1 is 1.21 bits per heavy atom. The van der Waals surface area contributed by atoms with Crippen LogP contribution in [0, 0.1) is 0 Å². The molecule has 2 aromatic heterocycles. The number of pyridine rings is 1. The molecule has 1 fully saturated rings. The van der Waals surface area contributed by atoms with Crippen LogP contribution in [0.5, 0.6) is 5.75 Å². The molecule has 0 bridgehead atoms. The van der Waals surface area contributed by atoms with E-state index >= 15 is 0 Å². The number of nitrogens with one attached hydrogen (secondary N) is 1. The molecule has 1 atom stereocenters. The smallest absolute Gasteiger partial charge is 0.416 e. The Morgan fingerprint density at radius 2 is 1.93 bits per heavy atom. The fraction of sp³-hybridized carbons (Fsp3) is 0.381. The quantitative estimate of drug-likeness (QED) is 0.673. The predicted octanol–water partition coefficient (Wildman–Crippen LogP) is 4.46. The van der Waals surface area contributed by atoms with Gasteiger partial charge in [0.1, 0.15) is 12.0 Å². The highest BCUT2D eigenvalue weighted by molar-refractivity contribution is 5.77. The van der Waals surface area contributed by atoms with Crippen LogP contribution in [0.1, 0.15) is 41.8 Å². The fourth-order valence-electron chi connectivity index (χ4n) is 4.02. The zero-order valence-electron chi connectivity index (χ0n) is 15.9. The lowest BCUT2D eigenvalue weighted by Gasteiger charge is -2.35. The number of hydrogen-bond donors (Lipinski definition) is 2. The molecule has 3 aromatic rings. The molecule has 1 saturated heterocycles. The highest BCUT2D eigenvalue weighted by atomic mass is 19.4. The van der Waals surface area contributed by atoms with Gasteiger partial charge in [-0.3, -0.25) is 9.88 Å². The second-order valence-corrected chi connectivity index (χ2v) is 7.30. The summed E-state index contributed by atoms with van der Waals surface area (Å²) < 4.78 is 45.1. The van der Waals surface area contributed by atoms with E-state index in [-0.39, 0.29) is 5.92 Å². The number of ether oxygens (including phenoxy) is 1. The highest BCUT2D eigenvalue weighted by Crippen LogP contribution is 2.39. The molecule has 1 aromatic carbocycles. The topological polar surface area (TPSA) is 61.4 Å². The summed E-state index contributed by atoms with van der Waals surface area (Å²) in [4.78, 5) is 9.32. The number of alkyl halides is 3. The first kappa shape index (κ1) is 19.7. The maximum atomic E-state index is 13.3. The van der Waals surface area contributed by atoms with Gasteiger partial charge >= 0.3 is 6.18 Å². The van der Waals surface area contributed by atoms with Crippen molar-refractivity contribution in [3.63, 3.8) is 0 Å². The molecular formula is C21H22F3N3O2. The molecule has 3 heterocycles. The van der Waals surface area contributed by atoms with Crippen molar-refractivity contribution in [2.45, 2.75) is 31.2 Å². The summed E-state index contributed by atoms with van der Waals surface area (Å²) >= 11 is 0. The third-order valence-corrected chi connectivity index (χ3v) is 5.56. The standard InChI is InChI=1S/C21H22F3N3O2/c1-29-14-10-18-17(25-12-14)11-19(26-18)20(28)27-8-6-13(7-9-27)15-4-2-3-5-16(15)21(22,23)24/h2-5,10-13,20,26,28H,6-9H2,1H3. The van der Waals surface area contributed by atoms with Gasteiger partial charge in [-0.15, -0.1) is 0 Å². The van der Waals surface area contributed by atoms with Crippen LogP contribution >= 0.6 is 0 Å². The number of aromatic amines is 1. The molecule has 154 valence electrons. The van der Waals surface area contributed by atoms with Crippen molar-refractivity contribution in [3.8, 4) is 5.75 Å². The minimum absolute atomic E-state index is 0.176. The third-order valence-electron chi connectivity index (χ3n) is 5.56. The first-order valence-corrected chi connectivity index (χ1v) is 9.47. The largest absolute Gasteiger partial charge is 0.495 e. The SMILES string of the molecule is COc1cnc2cc(C(O)N3CCC(c4ccccc4C(F)(F)F)CC3)[nH]c2c1. The number of aliphatic hydroxyl groups is 1. The average Bonchev–Trinajstić information content (AvgIpc) is 3.16. The third kappa shape index (κ3) is 3.95. The van der Waals surface area contributed by atoms with Gasteiger partial charge in [-0.1, -0.05) is 18.2 Å². The summed E-state index contributed by atoms with van der Waals surface area (Å²) in [5.74, 6) is 0.439. The van der Waals surface area contributed by atoms with Gasteiger partial charge in [-0.25, -0.2) is 0 Å². The molecule has 4 rings (SSSR count). The average molecular weight is 405 g/mol. The molecule has 1 unspecified atom stereocenters. The molecule has 8 heteroatoms. The fourth-order valence-corrected chi connectivity index (χ4v) is 4.02. The predicted molar refractivity (Wildman–Crippen MR) is 103 cm³/mol. The van der Waals surface area contributed by atoms with Crippen LogP contribution < -0.4 is 4.74 Å². The van der Waals surface area contributed by atoms with Crippen molar-refractivity contribution in [1.29, 1.82) is 0 Å². The van der Waals surface area contributed by atoms with E-state index in [1.165, 1.54) is 6.07 Å². The van der Waals surface area contributed by atoms with E-state index < -0.39 is 18.0 Å². The summed E-state index contributed by atoms with van der Waals surface area (Å²) in [5.41, 5.74) is 1.86. The summed E-state index contributed by atoms with van der Waals surface area (Å²) in [6.45, 7) is 1.01. The zero-order valence-corrected chi connectivity index (χ0v) is 15.9. The molecule has 1 aliphatic rings. The number of benzene rings is 1. The van der Waals surface area contributed by atoms with Gasteiger partial charge in [-0.05, 0) is 36.5 Å². The van der Waals surface area contributed by atoms with Crippen molar-refractivity contribution < 1.29 is 23.0 Å². The molecule has 0 saturated carbocycles. The van der Waals surface area contributed by atoms with Crippen molar-refractivity contribution >= 4 is 11.0 Å². The van der Waals surface area contributed by atoms with E-state index in [2.05, 4.69) is 9.97 Å². The van der Waals surface area contributed by atoms with E-state index in [1.807, 2.05) is 4.90 Å². The molecule has 1 aliphatic heterocycles. The van der Waals surface area contributed by atoms with E-state index in [1.54, 1.807) is 37.6 Å². The van der Waals surface area contributed by atoms with E-state index in [0.29, 0.717) is 48.5 Å². The lowest BCUT2D eigenvalue weighted by molar-refractivity contribution is -0.138. The Hall–Kier alpha value is -2.58. The van der Waals surface area contributed by atoms with Crippen LogP contribution in [0.4, 0.5) is 13.2 Å². The normalized spacial score (nSPS) is 17.6. The maximum Gasteiger partial charge on any atom is 0.416 e. The van der Waals surface area contributed by atoms with Crippen LogP contribution in [0.15, 0.2) is 42.6 Å². The second kappa shape index (κ2) is 7.68. The molecule has 0 aliphatic carbocycles. The van der Waals surface area contributed by atoms with Gasteiger partial charge in [0, 0.05) is 19.2 Å². The Balaban J connectivity index is 1.47. The van der Waals surface area contributed by atoms with Crippen LogP contribution in [0.3, 0.4) is 0 Å². The summed E-state index contributed by atoms with van der Waals surface area (Å²) in [7, 11) is 1.56. The van der Waals surface area contributed by atoms with Gasteiger partial charge in [0.15, 0.2) is 0 Å². The molecule has 2 N–H and O–H groups in total. The number of fused-ring (bicyclic) bond motifs is 1. The monoisotopic (exact) mass is 405 g/mol. The molecule has 0 amide bonds. The van der Waals surface area contributed by atoms with Crippen LogP contribution in [-0.2, 0) is 6.18 Å². The first-order valence-electron chi connectivity index (χ1n) is 9.47. The maximum absolute atomic E-state index is 13.3. The number of nitrogens with zero attached hydrogens (tertiary/aromatic N) is 2. The lowest BCUT2D eigenvalue weighted by Crippen LogP contribution is -2.36. The molecule has 5 nitrogen and oxygen atoms in total. The number of likely N-dealkylation sites (tertiary alicyclic amines) is 1. The first-order chi connectivity index (χ1) is 13.9.